The number of aryl methyl sites for hydroxylation is 1. The number of nitrogens with one attached hydrogen (secondary N) is 1. The van der Waals surface area contributed by atoms with E-state index in [0.29, 0.717) is 40.6 Å². The number of benzene rings is 2. The van der Waals surface area contributed by atoms with Gasteiger partial charge in [-0.15, -0.1) is 11.8 Å². The fourth-order valence-electron chi connectivity index (χ4n) is 3.75. The van der Waals surface area contributed by atoms with Crippen LogP contribution < -0.4 is 20.3 Å². The lowest BCUT2D eigenvalue weighted by Gasteiger charge is -2.14. The van der Waals surface area contributed by atoms with Crippen LogP contribution in [0.2, 0.25) is 0 Å². The van der Waals surface area contributed by atoms with Crippen molar-refractivity contribution in [3.63, 3.8) is 0 Å². The molecule has 2 aromatic carbocycles. The van der Waals surface area contributed by atoms with Crippen LogP contribution in [0, 0.1) is 0 Å². The molecule has 34 heavy (non-hydrogen) atoms. The Morgan fingerprint density at radius 3 is 2.74 bits per heavy atom. The first-order valence-electron chi connectivity index (χ1n) is 11.0. The van der Waals surface area contributed by atoms with Gasteiger partial charge in [-0.05, 0) is 24.1 Å². The largest absolute Gasteiger partial charge is 0.497 e. The third kappa shape index (κ3) is 5.59. The van der Waals surface area contributed by atoms with E-state index < -0.39 is 0 Å². The molecular formula is C25H27N3O4S2. The summed E-state index contributed by atoms with van der Waals surface area (Å²) < 4.78 is 12.3. The SMILES string of the molecule is COc1ccc(OC)c(NC(=O)CSc2nc3c(c(=O)n2CCc2ccccc2)SC(C)C3)c1. The van der Waals surface area contributed by atoms with Crippen LogP contribution in [0.5, 0.6) is 11.5 Å². The van der Waals surface area contributed by atoms with Crippen molar-refractivity contribution in [3.05, 3.63) is 70.1 Å². The summed E-state index contributed by atoms with van der Waals surface area (Å²) in [6, 6.07) is 15.3. The molecule has 7 nitrogen and oxygen atoms in total. The van der Waals surface area contributed by atoms with Crippen molar-refractivity contribution in [1.82, 2.24) is 9.55 Å². The van der Waals surface area contributed by atoms with Crippen molar-refractivity contribution in [1.29, 1.82) is 0 Å². The highest BCUT2D eigenvalue weighted by molar-refractivity contribution is 8.00. The lowest BCUT2D eigenvalue weighted by atomic mass is 10.1. The van der Waals surface area contributed by atoms with Crippen molar-refractivity contribution in [3.8, 4) is 11.5 Å². The van der Waals surface area contributed by atoms with Gasteiger partial charge in [0.25, 0.3) is 5.56 Å². The van der Waals surface area contributed by atoms with Gasteiger partial charge in [-0.1, -0.05) is 49.0 Å². The number of carbonyl (C=O) groups is 1. The number of carbonyl (C=O) groups excluding carboxylic acids is 1. The van der Waals surface area contributed by atoms with Crippen LogP contribution in [0.1, 0.15) is 18.2 Å². The summed E-state index contributed by atoms with van der Waals surface area (Å²) in [4.78, 5) is 31.6. The second-order valence-corrected chi connectivity index (χ2v) is 10.3. The molecule has 1 N–H and O–H groups in total. The van der Waals surface area contributed by atoms with E-state index in [1.54, 1.807) is 48.7 Å². The molecule has 0 saturated heterocycles. The number of hydrogen-bond donors (Lipinski definition) is 1. The van der Waals surface area contributed by atoms with Gasteiger partial charge in [0.2, 0.25) is 5.91 Å². The molecule has 1 amide bonds. The van der Waals surface area contributed by atoms with E-state index in [9.17, 15) is 9.59 Å². The maximum Gasteiger partial charge on any atom is 0.268 e. The van der Waals surface area contributed by atoms with E-state index in [0.717, 1.165) is 22.6 Å². The van der Waals surface area contributed by atoms with Crippen LogP contribution in [0.25, 0.3) is 0 Å². The second-order valence-electron chi connectivity index (χ2n) is 7.90. The first-order chi connectivity index (χ1) is 16.5. The van der Waals surface area contributed by atoms with Crippen molar-refractivity contribution in [2.24, 2.45) is 0 Å². The van der Waals surface area contributed by atoms with Crippen molar-refractivity contribution in [2.75, 3.05) is 25.3 Å². The normalized spacial score (nSPS) is 14.5. The average molecular weight is 498 g/mol. The highest BCUT2D eigenvalue weighted by atomic mass is 32.2. The number of nitrogens with zero attached hydrogens (tertiary/aromatic N) is 2. The van der Waals surface area contributed by atoms with Gasteiger partial charge >= 0.3 is 0 Å². The summed E-state index contributed by atoms with van der Waals surface area (Å²) in [5, 5.41) is 3.77. The maximum absolute atomic E-state index is 13.3. The maximum atomic E-state index is 13.3. The Kier molecular flexibility index (Phi) is 7.84. The number of ether oxygens (including phenoxy) is 2. The van der Waals surface area contributed by atoms with Crippen LogP contribution in [-0.2, 0) is 24.2 Å². The highest BCUT2D eigenvalue weighted by Crippen LogP contribution is 2.34. The molecule has 0 spiro atoms. The molecule has 2 heterocycles. The standard InChI is InChI=1S/C25H27N3O4S2/c1-16-13-20-23(34-16)24(30)28(12-11-17-7-5-4-6-8-17)25(27-20)33-15-22(29)26-19-14-18(31-2)9-10-21(19)32-3/h4-10,14,16H,11-13,15H2,1-3H3,(H,26,29). The number of anilines is 1. The summed E-state index contributed by atoms with van der Waals surface area (Å²) in [6.45, 7) is 2.60. The Hall–Kier alpha value is -2.91. The molecule has 1 unspecified atom stereocenters. The molecule has 3 aromatic rings. The Balaban J connectivity index is 1.53. The fraction of sp³-hybridized carbons (Fsp3) is 0.320. The monoisotopic (exact) mass is 497 g/mol. The Bertz CT molecular complexity index is 1230. The van der Waals surface area contributed by atoms with E-state index in [2.05, 4.69) is 12.2 Å². The molecule has 0 bridgehead atoms. The predicted molar refractivity (Wildman–Crippen MR) is 137 cm³/mol. The number of amides is 1. The van der Waals surface area contributed by atoms with Crippen LogP contribution in [0.3, 0.4) is 0 Å². The summed E-state index contributed by atoms with van der Waals surface area (Å²) in [5.41, 5.74) is 2.49. The third-order valence-corrected chi connectivity index (χ3v) is 7.63. The quantitative estimate of drug-likeness (QED) is 0.349. The lowest BCUT2D eigenvalue weighted by Crippen LogP contribution is -2.27. The first-order valence-corrected chi connectivity index (χ1v) is 12.8. The van der Waals surface area contributed by atoms with Gasteiger partial charge in [0.1, 0.15) is 11.5 Å². The molecule has 0 fully saturated rings. The Labute approximate surface area is 207 Å². The lowest BCUT2D eigenvalue weighted by molar-refractivity contribution is -0.113. The van der Waals surface area contributed by atoms with E-state index >= 15 is 0 Å². The minimum absolute atomic E-state index is 0.0207. The van der Waals surface area contributed by atoms with Crippen LogP contribution in [-0.4, -0.2) is 40.7 Å². The Morgan fingerprint density at radius 2 is 2.00 bits per heavy atom. The number of fused-ring (bicyclic) bond motifs is 1. The van der Waals surface area contributed by atoms with Crippen molar-refractivity contribution >= 4 is 35.1 Å². The summed E-state index contributed by atoms with van der Waals surface area (Å²) in [7, 11) is 3.11. The third-order valence-electron chi connectivity index (χ3n) is 5.44. The molecule has 1 atom stereocenters. The number of thioether (sulfide) groups is 2. The second kappa shape index (κ2) is 11.0. The van der Waals surface area contributed by atoms with E-state index in [-0.39, 0.29) is 17.2 Å². The zero-order valence-electron chi connectivity index (χ0n) is 19.4. The van der Waals surface area contributed by atoms with Gasteiger partial charge in [-0.2, -0.15) is 0 Å². The van der Waals surface area contributed by atoms with Crippen LogP contribution >= 0.6 is 23.5 Å². The predicted octanol–water partition coefficient (Wildman–Crippen LogP) is 4.27. The Morgan fingerprint density at radius 1 is 1.21 bits per heavy atom. The van der Waals surface area contributed by atoms with E-state index in [1.807, 2.05) is 30.3 Å². The van der Waals surface area contributed by atoms with Crippen molar-refractivity contribution < 1.29 is 14.3 Å². The number of methoxy groups -OCH3 is 2. The van der Waals surface area contributed by atoms with Crippen LogP contribution in [0.15, 0.2) is 63.4 Å². The number of hydrogen-bond acceptors (Lipinski definition) is 7. The molecule has 0 saturated carbocycles. The zero-order chi connectivity index (χ0) is 24.1. The van der Waals surface area contributed by atoms with Gasteiger partial charge in [0.15, 0.2) is 5.16 Å². The number of aromatic nitrogens is 2. The van der Waals surface area contributed by atoms with Gasteiger partial charge < -0.3 is 14.8 Å². The average Bonchev–Trinajstić information content (AvgIpc) is 3.23. The molecule has 0 radical (unpaired) electrons. The van der Waals surface area contributed by atoms with Gasteiger partial charge in [0.05, 0.1) is 36.2 Å². The minimum Gasteiger partial charge on any atom is -0.497 e. The molecular weight excluding hydrogens is 470 g/mol. The molecule has 178 valence electrons. The first kappa shape index (κ1) is 24.2. The van der Waals surface area contributed by atoms with Gasteiger partial charge in [-0.25, -0.2) is 4.98 Å². The molecule has 9 heteroatoms. The summed E-state index contributed by atoms with van der Waals surface area (Å²) >= 11 is 2.86. The van der Waals surface area contributed by atoms with Crippen molar-refractivity contribution in [2.45, 2.75) is 41.6 Å². The summed E-state index contributed by atoms with van der Waals surface area (Å²) in [6.07, 6.45) is 1.47. The smallest absolute Gasteiger partial charge is 0.268 e. The van der Waals surface area contributed by atoms with E-state index in [4.69, 9.17) is 14.5 Å². The van der Waals surface area contributed by atoms with Gasteiger partial charge in [0, 0.05) is 24.3 Å². The molecule has 1 aliphatic rings. The summed E-state index contributed by atoms with van der Waals surface area (Å²) in [5.74, 6) is 1.05. The topological polar surface area (TPSA) is 82.5 Å². The highest BCUT2D eigenvalue weighted by Gasteiger charge is 2.26. The zero-order valence-corrected chi connectivity index (χ0v) is 21.0. The molecule has 1 aromatic heterocycles. The fourth-order valence-corrected chi connectivity index (χ4v) is 5.71. The van der Waals surface area contributed by atoms with Gasteiger partial charge in [-0.3, -0.25) is 14.2 Å². The molecule has 0 aliphatic carbocycles. The number of rotatable bonds is 9. The van der Waals surface area contributed by atoms with Crippen LogP contribution in [0.4, 0.5) is 5.69 Å². The van der Waals surface area contributed by atoms with E-state index in [1.165, 1.54) is 11.8 Å². The molecule has 4 rings (SSSR count). The molecule has 1 aliphatic heterocycles. The minimum atomic E-state index is -0.219.